The highest BCUT2D eigenvalue weighted by molar-refractivity contribution is 5.80. The molecular formula is C20H31N3O. The minimum atomic E-state index is 0.0967. The molecule has 2 saturated heterocycles. The van der Waals surface area contributed by atoms with Crippen LogP contribution in [0.15, 0.2) is 24.5 Å². The Bertz CT molecular complexity index is 525. The van der Waals surface area contributed by atoms with Crippen LogP contribution in [0.2, 0.25) is 0 Å². The summed E-state index contributed by atoms with van der Waals surface area (Å²) >= 11 is 0. The van der Waals surface area contributed by atoms with Crippen molar-refractivity contribution in [3.8, 4) is 0 Å². The van der Waals surface area contributed by atoms with Gasteiger partial charge in [-0.15, -0.1) is 0 Å². The number of aromatic nitrogens is 1. The average molecular weight is 329 g/mol. The normalized spacial score (nSPS) is 25.4. The zero-order valence-corrected chi connectivity index (χ0v) is 15.2. The molecule has 1 unspecified atom stereocenters. The van der Waals surface area contributed by atoms with Crippen molar-refractivity contribution in [3.05, 3.63) is 30.1 Å². The van der Waals surface area contributed by atoms with E-state index in [4.69, 9.17) is 0 Å². The Balaban J connectivity index is 1.73. The monoisotopic (exact) mass is 329 g/mol. The number of piperidine rings is 1. The van der Waals surface area contributed by atoms with Crippen molar-refractivity contribution in [2.45, 2.75) is 45.4 Å². The molecule has 2 fully saturated rings. The van der Waals surface area contributed by atoms with Crippen LogP contribution in [0.4, 0.5) is 0 Å². The first-order chi connectivity index (χ1) is 11.6. The molecule has 24 heavy (non-hydrogen) atoms. The number of pyridine rings is 1. The van der Waals surface area contributed by atoms with Gasteiger partial charge in [0, 0.05) is 44.5 Å². The number of nitrogens with zero attached hydrogens (tertiary/aromatic N) is 3. The maximum atomic E-state index is 13.1. The third-order valence-corrected chi connectivity index (χ3v) is 5.52. The lowest BCUT2D eigenvalue weighted by Gasteiger charge is -2.31. The summed E-state index contributed by atoms with van der Waals surface area (Å²) in [6, 6.07) is 4.13. The Hall–Kier alpha value is -1.42. The van der Waals surface area contributed by atoms with Crippen molar-refractivity contribution < 1.29 is 4.79 Å². The Kier molecular flexibility index (Phi) is 5.88. The lowest BCUT2D eigenvalue weighted by atomic mass is 9.88. The van der Waals surface area contributed by atoms with Crippen LogP contribution in [0.3, 0.4) is 0 Å². The number of likely N-dealkylation sites (tertiary alicyclic amines) is 2. The molecule has 0 spiro atoms. The number of hydrogen-bond donors (Lipinski definition) is 0. The van der Waals surface area contributed by atoms with Crippen LogP contribution in [0.5, 0.6) is 0 Å². The van der Waals surface area contributed by atoms with E-state index in [0.717, 1.165) is 45.6 Å². The maximum absolute atomic E-state index is 13.1. The molecule has 0 aliphatic carbocycles. The number of rotatable bonds is 5. The van der Waals surface area contributed by atoms with E-state index >= 15 is 0 Å². The highest BCUT2D eigenvalue weighted by atomic mass is 16.2. The van der Waals surface area contributed by atoms with Crippen LogP contribution in [0.25, 0.3) is 0 Å². The van der Waals surface area contributed by atoms with Crippen molar-refractivity contribution in [2.75, 3.05) is 32.7 Å². The van der Waals surface area contributed by atoms with E-state index in [-0.39, 0.29) is 5.92 Å². The molecule has 0 saturated carbocycles. The van der Waals surface area contributed by atoms with Gasteiger partial charge in [0.25, 0.3) is 0 Å². The Morgan fingerprint density at radius 1 is 1.25 bits per heavy atom. The minimum absolute atomic E-state index is 0.0967. The van der Waals surface area contributed by atoms with Crippen molar-refractivity contribution in [2.24, 2.45) is 11.8 Å². The van der Waals surface area contributed by atoms with Gasteiger partial charge in [-0.1, -0.05) is 19.9 Å². The number of amides is 1. The molecule has 1 amide bonds. The van der Waals surface area contributed by atoms with Gasteiger partial charge < -0.3 is 9.80 Å². The SMILES string of the molecule is CC(C)CCN1CC(C(=O)N2CCCCC2)[C@@H](c2cccnc2)C1. The molecule has 3 heterocycles. The van der Waals surface area contributed by atoms with Gasteiger partial charge in [-0.2, -0.15) is 0 Å². The largest absolute Gasteiger partial charge is 0.342 e. The van der Waals surface area contributed by atoms with Crippen molar-refractivity contribution in [3.63, 3.8) is 0 Å². The van der Waals surface area contributed by atoms with E-state index in [1.807, 2.05) is 18.5 Å². The summed E-state index contributed by atoms with van der Waals surface area (Å²) < 4.78 is 0. The highest BCUT2D eigenvalue weighted by Crippen LogP contribution is 2.34. The molecule has 2 atom stereocenters. The van der Waals surface area contributed by atoms with Crippen LogP contribution < -0.4 is 0 Å². The topological polar surface area (TPSA) is 36.4 Å². The fourth-order valence-corrected chi connectivity index (χ4v) is 4.04. The van der Waals surface area contributed by atoms with Gasteiger partial charge >= 0.3 is 0 Å². The lowest BCUT2D eigenvalue weighted by Crippen LogP contribution is -2.41. The van der Waals surface area contributed by atoms with E-state index in [1.54, 1.807) is 0 Å². The van der Waals surface area contributed by atoms with Gasteiger partial charge in [0.05, 0.1) is 5.92 Å². The summed E-state index contributed by atoms with van der Waals surface area (Å²) in [5, 5.41) is 0. The molecule has 0 radical (unpaired) electrons. The van der Waals surface area contributed by atoms with E-state index < -0.39 is 0 Å². The Morgan fingerprint density at radius 2 is 2.04 bits per heavy atom. The van der Waals surface area contributed by atoms with Gasteiger partial charge in [0.2, 0.25) is 5.91 Å². The molecule has 4 nitrogen and oxygen atoms in total. The summed E-state index contributed by atoms with van der Waals surface area (Å²) in [6.07, 6.45) is 8.55. The molecule has 2 aliphatic rings. The molecule has 132 valence electrons. The van der Waals surface area contributed by atoms with E-state index in [9.17, 15) is 4.79 Å². The van der Waals surface area contributed by atoms with Crippen molar-refractivity contribution in [1.29, 1.82) is 0 Å². The fraction of sp³-hybridized carbons (Fsp3) is 0.700. The first-order valence-electron chi connectivity index (χ1n) is 9.56. The molecule has 0 bridgehead atoms. The highest BCUT2D eigenvalue weighted by Gasteiger charge is 2.40. The molecule has 3 rings (SSSR count). The molecule has 0 N–H and O–H groups in total. The van der Waals surface area contributed by atoms with Gasteiger partial charge in [0.15, 0.2) is 0 Å². The Labute approximate surface area is 146 Å². The summed E-state index contributed by atoms with van der Waals surface area (Å²) in [5.41, 5.74) is 1.22. The van der Waals surface area contributed by atoms with Crippen LogP contribution in [0.1, 0.15) is 51.0 Å². The van der Waals surface area contributed by atoms with Gasteiger partial charge in [-0.05, 0) is 49.8 Å². The quantitative estimate of drug-likeness (QED) is 0.832. The summed E-state index contributed by atoms with van der Waals surface area (Å²) in [5.74, 6) is 1.47. The molecule has 1 aromatic rings. The van der Waals surface area contributed by atoms with Crippen LogP contribution in [-0.4, -0.2) is 53.4 Å². The van der Waals surface area contributed by atoms with Gasteiger partial charge in [-0.3, -0.25) is 9.78 Å². The summed E-state index contributed by atoms with van der Waals surface area (Å²) in [6.45, 7) is 9.42. The van der Waals surface area contributed by atoms with Gasteiger partial charge in [-0.25, -0.2) is 0 Å². The standard InChI is InChI=1S/C20H31N3O/c1-16(2)8-12-22-14-18(17-7-6-9-21-13-17)19(15-22)20(24)23-10-4-3-5-11-23/h6-7,9,13,16,18-19H,3-5,8,10-12,14-15H2,1-2H3/t18-,19?/m1/s1. The third-order valence-electron chi connectivity index (χ3n) is 5.52. The minimum Gasteiger partial charge on any atom is -0.342 e. The first kappa shape index (κ1) is 17.4. The van der Waals surface area contributed by atoms with Crippen molar-refractivity contribution in [1.82, 2.24) is 14.8 Å². The smallest absolute Gasteiger partial charge is 0.227 e. The number of carbonyl (C=O) groups excluding carboxylic acids is 1. The summed E-state index contributed by atoms with van der Waals surface area (Å²) in [7, 11) is 0. The number of carbonyl (C=O) groups is 1. The van der Waals surface area contributed by atoms with Crippen LogP contribution >= 0.6 is 0 Å². The Morgan fingerprint density at radius 3 is 2.71 bits per heavy atom. The third kappa shape index (κ3) is 4.15. The predicted molar refractivity (Wildman–Crippen MR) is 96.8 cm³/mol. The zero-order chi connectivity index (χ0) is 16.9. The fourth-order valence-electron chi connectivity index (χ4n) is 4.04. The second-order valence-electron chi connectivity index (χ2n) is 7.83. The van der Waals surface area contributed by atoms with Crippen LogP contribution in [-0.2, 0) is 4.79 Å². The van der Waals surface area contributed by atoms with Gasteiger partial charge in [0.1, 0.15) is 0 Å². The van der Waals surface area contributed by atoms with E-state index in [1.165, 1.54) is 18.4 Å². The molecule has 0 aromatic carbocycles. The first-order valence-corrected chi connectivity index (χ1v) is 9.56. The second-order valence-corrected chi connectivity index (χ2v) is 7.83. The molecular weight excluding hydrogens is 298 g/mol. The zero-order valence-electron chi connectivity index (χ0n) is 15.2. The second kappa shape index (κ2) is 8.11. The van der Waals surface area contributed by atoms with E-state index in [0.29, 0.717) is 17.7 Å². The molecule has 2 aliphatic heterocycles. The van der Waals surface area contributed by atoms with Crippen LogP contribution in [0, 0.1) is 11.8 Å². The molecule has 1 aromatic heterocycles. The molecule has 4 heteroatoms. The maximum Gasteiger partial charge on any atom is 0.227 e. The van der Waals surface area contributed by atoms with E-state index in [2.05, 4.69) is 34.7 Å². The summed E-state index contributed by atoms with van der Waals surface area (Å²) in [4.78, 5) is 22.0. The lowest BCUT2D eigenvalue weighted by molar-refractivity contribution is -0.136. The van der Waals surface area contributed by atoms with Crippen molar-refractivity contribution >= 4 is 5.91 Å². The number of hydrogen-bond acceptors (Lipinski definition) is 3. The predicted octanol–water partition coefficient (Wildman–Crippen LogP) is 3.16. The average Bonchev–Trinajstić information content (AvgIpc) is 3.05.